The summed E-state index contributed by atoms with van der Waals surface area (Å²) in [7, 11) is 0. The average Bonchev–Trinajstić information content (AvgIpc) is 2.32. The molecule has 0 fully saturated rings. The average molecular weight is 422 g/mol. The Balaban J connectivity index is 2.87. The van der Waals surface area contributed by atoms with Crippen molar-refractivity contribution < 1.29 is 14.7 Å². The van der Waals surface area contributed by atoms with Gasteiger partial charge in [0, 0.05) is 8.95 Å². The van der Waals surface area contributed by atoms with Gasteiger partial charge in [0.2, 0.25) is 0 Å². The van der Waals surface area contributed by atoms with Crippen LogP contribution in [-0.2, 0) is 4.79 Å². The molecule has 0 bridgehead atoms. The van der Waals surface area contributed by atoms with Crippen molar-refractivity contribution in [2.75, 3.05) is 5.32 Å². The first-order chi connectivity index (χ1) is 9.47. The molecule has 3 N–H and O–H groups in total. The minimum atomic E-state index is -1.11. The predicted molar refractivity (Wildman–Crippen MR) is 89.5 cm³/mol. The summed E-state index contributed by atoms with van der Waals surface area (Å²) in [6.45, 7) is 6.50. The van der Waals surface area contributed by atoms with Crippen molar-refractivity contribution in [3.63, 3.8) is 0 Å². The second kappa shape index (κ2) is 6.36. The molecule has 116 valence electrons. The molecular weight excluding hydrogens is 404 g/mol. The zero-order chi connectivity index (χ0) is 16.4. The molecule has 0 spiro atoms. The Morgan fingerprint density at radius 1 is 1.14 bits per heavy atom. The van der Waals surface area contributed by atoms with Crippen molar-refractivity contribution in [3.8, 4) is 0 Å². The van der Waals surface area contributed by atoms with Crippen LogP contribution in [0.3, 0.4) is 0 Å². The number of hydrogen-bond acceptors (Lipinski definition) is 2. The Labute approximate surface area is 140 Å². The molecule has 7 heteroatoms. The van der Waals surface area contributed by atoms with Crippen molar-refractivity contribution in [2.24, 2.45) is 5.41 Å². The van der Waals surface area contributed by atoms with Gasteiger partial charge in [-0.2, -0.15) is 0 Å². The number of nitrogens with one attached hydrogen (secondary N) is 2. The Bertz CT molecular complexity index is 571. The van der Waals surface area contributed by atoms with Gasteiger partial charge in [-0.15, -0.1) is 0 Å². The van der Waals surface area contributed by atoms with E-state index in [-0.39, 0.29) is 0 Å². The van der Waals surface area contributed by atoms with E-state index in [4.69, 9.17) is 0 Å². The van der Waals surface area contributed by atoms with Gasteiger partial charge < -0.3 is 15.7 Å². The molecule has 1 aromatic rings. The summed E-state index contributed by atoms with van der Waals surface area (Å²) in [5, 5.41) is 14.7. The molecular formula is C14H18Br2N2O3. The highest BCUT2D eigenvalue weighted by Gasteiger charge is 2.44. The zero-order valence-electron chi connectivity index (χ0n) is 12.3. The normalized spacial score (nSPS) is 11.9. The summed E-state index contributed by atoms with van der Waals surface area (Å²) in [6, 6.07) is 4.92. The Hall–Kier alpha value is -1.08. The van der Waals surface area contributed by atoms with Crippen molar-refractivity contribution in [1.82, 2.24) is 5.32 Å². The van der Waals surface area contributed by atoms with E-state index < -0.39 is 23.0 Å². The summed E-state index contributed by atoms with van der Waals surface area (Å²) in [5.41, 5.74) is -1.45. The van der Waals surface area contributed by atoms with E-state index in [0.29, 0.717) is 5.69 Å². The Kier molecular flexibility index (Phi) is 5.44. The number of hydrogen-bond donors (Lipinski definition) is 3. The van der Waals surface area contributed by atoms with Crippen molar-refractivity contribution in [3.05, 3.63) is 27.1 Å². The molecule has 2 amide bonds. The number of urea groups is 1. The van der Waals surface area contributed by atoms with Crippen LogP contribution in [-0.4, -0.2) is 22.6 Å². The molecule has 5 nitrogen and oxygen atoms in total. The molecule has 0 saturated heterocycles. The molecule has 0 aliphatic heterocycles. The molecule has 0 aliphatic carbocycles. The number of carbonyl (C=O) groups excluding carboxylic acids is 1. The quantitative estimate of drug-likeness (QED) is 0.680. The Morgan fingerprint density at radius 2 is 1.71 bits per heavy atom. The molecule has 0 heterocycles. The number of halogens is 2. The van der Waals surface area contributed by atoms with Crippen LogP contribution in [0.1, 0.15) is 27.7 Å². The highest BCUT2D eigenvalue weighted by Crippen LogP contribution is 2.31. The topological polar surface area (TPSA) is 78.4 Å². The predicted octanol–water partition coefficient (Wildman–Crippen LogP) is 4.22. The van der Waals surface area contributed by atoms with Gasteiger partial charge in [-0.05, 0) is 61.8 Å². The first-order valence-electron chi connectivity index (χ1n) is 6.25. The van der Waals surface area contributed by atoms with Crippen LogP contribution in [0.4, 0.5) is 10.5 Å². The third kappa shape index (κ3) is 4.20. The third-order valence-corrected chi connectivity index (χ3v) is 4.88. The highest BCUT2D eigenvalue weighted by molar-refractivity contribution is 9.11. The molecule has 0 atom stereocenters. The maximum atomic E-state index is 12.1. The second-order valence-electron chi connectivity index (χ2n) is 5.76. The summed E-state index contributed by atoms with van der Waals surface area (Å²) >= 11 is 6.67. The van der Waals surface area contributed by atoms with Crippen LogP contribution in [0.2, 0.25) is 0 Å². The van der Waals surface area contributed by atoms with Crippen LogP contribution < -0.4 is 10.6 Å². The van der Waals surface area contributed by atoms with Gasteiger partial charge in [-0.3, -0.25) is 4.79 Å². The summed E-state index contributed by atoms with van der Waals surface area (Å²) in [4.78, 5) is 23.4. The standard InChI is InChI=1S/C14H18Br2N2O3/c1-13(2,11(19)20)14(3,4)18-12(21)17-10-7-8(15)5-6-9(10)16/h5-7H,1-4H3,(H,19,20)(H2,17,18,21). The maximum Gasteiger partial charge on any atom is 0.319 e. The summed E-state index contributed by atoms with van der Waals surface area (Å²) in [6.07, 6.45) is 0. The van der Waals surface area contributed by atoms with Gasteiger partial charge in [0.15, 0.2) is 0 Å². The van der Waals surface area contributed by atoms with Gasteiger partial charge in [-0.1, -0.05) is 15.9 Å². The van der Waals surface area contributed by atoms with Gasteiger partial charge >= 0.3 is 12.0 Å². The molecule has 0 saturated carbocycles. The van der Waals surface area contributed by atoms with E-state index in [0.717, 1.165) is 8.95 Å². The van der Waals surface area contributed by atoms with Gasteiger partial charge in [0.05, 0.1) is 16.6 Å². The molecule has 0 aliphatic rings. The van der Waals surface area contributed by atoms with E-state index in [1.807, 2.05) is 6.07 Å². The molecule has 0 aromatic heterocycles. The number of carbonyl (C=O) groups is 2. The second-order valence-corrected chi connectivity index (χ2v) is 7.53. The number of aliphatic carboxylic acids is 1. The van der Waals surface area contributed by atoms with Crippen molar-refractivity contribution in [2.45, 2.75) is 33.2 Å². The van der Waals surface area contributed by atoms with E-state index in [1.54, 1.807) is 39.8 Å². The monoisotopic (exact) mass is 420 g/mol. The number of carboxylic acids is 1. The SMILES string of the molecule is CC(C)(NC(=O)Nc1cc(Br)ccc1Br)C(C)(C)C(=O)O. The Morgan fingerprint density at radius 3 is 2.24 bits per heavy atom. The molecule has 1 rings (SSSR count). The fraction of sp³-hybridized carbons (Fsp3) is 0.429. The number of anilines is 1. The first kappa shape index (κ1) is 18.0. The van der Waals surface area contributed by atoms with Gasteiger partial charge in [-0.25, -0.2) is 4.79 Å². The molecule has 0 unspecified atom stereocenters. The van der Waals surface area contributed by atoms with E-state index in [2.05, 4.69) is 42.5 Å². The van der Waals surface area contributed by atoms with Crippen molar-refractivity contribution in [1.29, 1.82) is 0 Å². The fourth-order valence-corrected chi connectivity index (χ4v) is 2.16. The van der Waals surface area contributed by atoms with E-state index >= 15 is 0 Å². The third-order valence-electron chi connectivity index (χ3n) is 3.70. The lowest BCUT2D eigenvalue weighted by molar-refractivity contribution is -0.150. The van der Waals surface area contributed by atoms with E-state index in [9.17, 15) is 14.7 Å². The first-order valence-corrected chi connectivity index (χ1v) is 7.83. The van der Waals surface area contributed by atoms with Crippen molar-refractivity contribution >= 4 is 49.5 Å². The van der Waals surface area contributed by atoms with Crippen LogP contribution >= 0.6 is 31.9 Å². The van der Waals surface area contributed by atoms with Crippen LogP contribution in [0.15, 0.2) is 27.1 Å². The molecule has 0 radical (unpaired) electrons. The maximum absolute atomic E-state index is 12.1. The minimum absolute atomic E-state index is 0.465. The van der Waals surface area contributed by atoms with E-state index in [1.165, 1.54) is 0 Å². The lowest BCUT2D eigenvalue weighted by Crippen LogP contribution is -2.57. The number of carboxylic acid groups (broad SMARTS) is 1. The highest BCUT2D eigenvalue weighted by atomic mass is 79.9. The fourth-order valence-electron chi connectivity index (χ4n) is 1.45. The van der Waals surface area contributed by atoms with Crippen LogP contribution in [0.25, 0.3) is 0 Å². The van der Waals surface area contributed by atoms with Gasteiger partial charge in [0.1, 0.15) is 0 Å². The number of rotatable bonds is 4. The number of amides is 2. The lowest BCUT2D eigenvalue weighted by atomic mass is 9.74. The van der Waals surface area contributed by atoms with Crippen LogP contribution in [0.5, 0.6) is 0 Å². The lowest BCUT2D eigenvalue weighted by Gasteiger charge is -2.38. The summed E-state index contributed by atoms with van der Waals surface area (Å²) in [5.74, 6) is -0.976. The molecule has 21 heavy (non-hydrogen) atoms. The zero-order valence-corrected chi connectivity index (χ0v) is 15.4. The minimum Gasteiger partial charge on any atom is -0.481 e. The summed E-state index contributed by atoms with van der Waals surface area (Å²) < 4.78 is 1.56. The largest absolute Gasteiger partial charge is 0.481 e. The van der Waals surface area contributed by atoms with Crippen LogP contribution in [0, 0.1) is 5.41 Å². The molecule has 1 aromatic carbocycles. The smallest absolute Gasteiger partial charge is 0.319 e. The number of benzene rings is 1. The van der Waals surface area contributed by atoms with Gasteiger partial charge in [0.25, 0.3) is 0 Å².